The molecule has 1 aromatic heterocycles. The van der Waals surface area contributed by atoms with Gasteiger partial charge in [-0.15, -0.1) is 5.10 Å². The quantitative estimate of drug-likeness (QED) is 0.718. The van der Waals surface area contributed by atoms with E-state index in [1.54, 1.807) is 19.2 Å². The molecule has 3 rings (SSSR count). The molecule has 24 heavy (non-hydrogen) atoms. The monoisotopic (exact) mass is 333 g/mol. The van der Waals surface area contributed by atoms with Crippen molar-refractivity contribution in [1.29, 1.82) is 0 Å². The number of ether oxygens (including phenoxy) is 4. The Bertz CT molecular complexity index is 728. The lowest BCUT2D eigenvalue weighted by molar-refractivity contribution is 0.0884. The topological polar surface area (TPSA) is 84.7 Å². The van der Waals surface area contributed by atoms with Gasteiger partial charge >= 0.3 is 6.01 Å². The minimum absolute atomic E-state index is 0.140. The maximum absolute atomic E-state index is 12.3. The molecule has 0 bridgehead atoms. The molecule has 1 aliphatic rings. The summed E-state index contributed by atoms with van der Waals surface area (Å²) in [6.45, 7) is 2.84. The van der Waals surface area contributed by atoms with Gasteiger partial charge in [0.2, 0.25) is 12.7 Å². The maximum Gasteiger partial charge on any atom is 0.336 e. The van der Waals surface area contributed by atoms with Crippen LogP contribution in [0.1, 0.15) is 24.6 Å². The Morgan fingerprint density at radius 3 is 2.92 bits per heavy atom. The van der Waals surface area contributed by atoms with E-state index < -0.39 is 0 Å². The number of methoxy groups -OCH3 is 1. The van der Waals surface area contributed by atoms with Crippen LogP contribution in [0.4, 0.5) is 0 Å². The number of carbonyl (C=O) groups is 1. The first-order chi connectivity index (χ1) is 11.7. The summed E-state index contributed by atoms with van der Waals surface area (Å²) in [5.74, 6) is 1.56. The van der Waals surface area contributed by atoms with E-state index in [9.17, 15) is 4.79 Å². The third-order valence-electron chi connectivity index (χ3n) is 3.44. The van der Waals surface area contributed by atoms with Crippen molar-refractivity contribution in [2.75, 3.05) is 27.1 Å². The Morgan fingerprint density at radius 2 is 2.12 bits per heavy atom. The van der Waals surface area contributed by atoms with E-state index >= 15 is 0 Å². The first-order valence-electron chi connectivity index (χ1n) is 7.75. The van der Waals surface area contributed by atoms with Crippen LogP contribution in [-0.2, 0) is 4.74 Å². The minimum Gasteiger partial charge on any atom is -0.460 e. The molecule has 1 aromatic carbocycles. The fourth-order valence-corrected chi connectivity index (χ4v) is 2.29. The van der Waals surface area contributed by atoms with Gasteiger partial charge in [0.1, 0.15) is 6.61 Å². The normalized spacial score (nSPS) is 12.4. The molecule has 2 aromatic rings. The highest BCUT2D eigenvalue weighted by atomic mass is 16.7. The van der Waals surface area contributed by atoms with Crippen LogP contribution in [0.25, 0.3) is 11.4 Å². The molecule has 0 aliphatic carbocycles. The summed E-state index contributed by atoms with van der Waals surface area (Å²) in [6.07, 6.45) is 1.09. The maximum atomic E-state index is 12.3. The van der Waals surface area contributed by atoms with E-state index in [4.69, 9.17) is 18.9 Å². The molecule has 0 saturated heterocycles. The van der Waals surface area contributed by atoms with E-state index in [-0.39, 0.29) is 18.7 Å². The van der Waals surface area contributed by atoms with Crippen LogP contribution in [0.15, 0.2) is 18.2 Å². The summed E-state index contributed by atoms with van der Waals surface area (Å²) >= 11 is 0. The van der Waals surface area contributed by atoms with Crippen molar-refractivity contribution in [3.8, 4) is 28.9 Å². The molecule has 0 amide bonds. The van der Waals surface area contributed by atoms with Crippen molar-refractivity contribution in [1.82, 2.24) is 14.8 Å². The average molecular weight is 333 g/mol. The van der Waals surface area contributed by atoms with Crippen LogP contribution < -0.4 is 14.2 Å². The molecular weight excluding hydrogens is 314 g/mol. The molecule has 8 nitrogen and oxygen atoms in total. The zero-order valence-corrected chi connectivity index (χ0v) is 13.7. The number of nitrogens with zero attached hydrogens (tertiary/aromatic N) is 3. The second-order valence-electron chi connectivity index (χ2n) is 5.18. The Balaban J connectivity index is 1.93. The van der Waals surface area contributed by atoms with Crippen molar-refractivity contribution >= 4 is 5.91 Å². The number of rotatable bonds is 7. The van der Waals surface area contributed by atoms with E-state index in [0.717, 1.165) is 6.42 Å². The summed E-state index contributed by atoms with van der Waals surface area (Å²) in [5, 5.41) is 4.18. The lowest BCUT2D eigenvalue weighted by Gasteiger charge is -2.04. The van der Waals surface area contributed by atoms with Crippen molar-refractivity contribution in [2.45, 2.75) is 19.8 Å². The average Bonchev–Trinajstić information content (AvgIpc) is 3.21. The first kappa shape index (κ1) is 16.3. The van der Waals surface area contributed by atoms with Gasteiger partial charge in [0.25, 0.3) is 0 Å². The first-order valence-corrected chi connectivity index (χ1v) is 7.75. The number of hydrogen-bond acceptors (Lipinski definition) is 7. The van der Waals surface area contributed by atoms with Crippen molar-refractivity contribution < 1.29 is 23.7 Å². The second-order valence-corrected chi connectivity index (χ2v) is 5.18. The van der Waals surface area contributed by atoms with E-state index in [1.165, 1.54) is 4.68 Å². The summed E-state index contributed by atoms with van der Waals surface area (Å²) in [7, 11) is 1.58. The number of benzene rings is 1. The largest absolute Gasteiger partial charge is 0.460 e. The van der Waals surface area contributed by atoms with Crippen LogP contribution in [-0.4, -0.2) is 47.8 Å². The number of carbonyl (C=O) groups excluding carboxylic acids is 1. The number of aromatic nitrogens is 3. The van der Waals surface area contributed by atoms with Gasteiger partial charge in [0, 0.05) is 19.1 Å². The number of hydrogen-bond donors (Lipinski definition) is 0. The Hall–Kier alpha value is -2.61. The minimum atomic E-state index is -0.140. The van der Waals surface area contributed by atoms with Crippen molar-refractivity contribution in [3.63, 3.8) is 0 Å². The van der Waals surface area contributed by atoms with Gasteiger partial charge in [0.15, 0.2) is 17.3 Å². The van der Waals surface area contributed by atoms with Crippen LogP contribution in [0, 0.1) is 0 Å². The molecule has 0 radical (unpaired) electrons. The fourth-order valence-electron chi connectivity index (χ4n) is 2.29. The Labute approximate surface area is 139 Å². The zero-order chi connectivity index (χ0) is 16.9. The SMILES string of the molecule is CCCC(=O)n1nc(OCCOC)nc1-c1ccc2c(c1)OCO2. The van der Waals surface area contributed by atoms with Gasteiger partial charge in [-0.3, -0.25) is 4.79 Å². The summed E-state index contributed by atoms with van der Waals surface area (Å²) in [4.78, 5) is 16.7. The second kappa shape index (κ2) is 7.31. The van der Waals surface area contributed by atoms with E-state index in [0.29, 0.717) is 42.5 Å². The standard InChI is InChI=1S/C16H19N3O5/c1-3-4-14(20)19-15(17-16(18-19)22-8-7-21-2)11-5-6-12-13(9-11)24-10-23-12/h5-6,9H,3-4,7-8,10H2,1-2H3. The van der Waals surface area contributed by atoms with Gasteiger partial charge in [0.05, 0.1) is 6.61 Å². The third-order valence-corrected chi connectivity index (χ3v) is 3.44. The van der Waals surface area contributed by atoms with Gasteiger partial charge in [-0.1, -0.05) is 6.92 Å². The van der Waals surface area contributed by atoms with Crippen LogP contribution in [0.5, 0.6) is 17.5 Å². The van der Waals surface area contributed by atoms with Gasteiger partial charge in [-0.05, 0) is 24.6 Å². The lowest BCUT2D eigenvalue weighted by atomic mass is 10.2. The number of fused-ring (bicyclic) bond motifs is 1. The predicted octanol–water partition coefficient (Wildman–Crippen LogP) is 2.14. The molecule has 0 unspecified atom stereocenters. The molecule has 0 N–H and O–H groups in total. The summed E-state index contributed by atoms with van der Waals surface area (Å²) in [5.41, 5.74) is 0.706. The van der Waals surface area contributed by atoms with E-state index in [2.05, 4.69) is 10.1 Å². The third kappa shape index (κ3) is 3.33. The van der Waals surface area contributed by atoms with Crippen molar-refractivity contribution in [2.24, 2.45) is 0 Å². The highest BCUT2D eigenvalue weighted by molar-refractivity contribution is 5.82. The fraction of sp³-hybridized carbons (Fsp3) is 0.438. The molecular formula is C16H19N3O5. The zero-order valence-electron chi connectivity index (χ0n) is 13.7. The predicted molar refractivity (Wildman–Crippen MR) is 84.5 cm³/mol. The Kier molecular flexibility index (Phi) is 4.95. The van der Waals surface area contributed by atoms with Gasteiger partial charge in [-0.25, -0.2) is 0 Å². The molecule has 0 spiro atoms. The van der Waals surface area contributed by atoms with Crippen LogP contribution in [0.3, 0.4) is 0 Å². The molecule has 0 atom stereocenters. The lowest BCUT2D eigenvalue weighted by Crippen LogP contribution is -2.13. The molecule has 128 valence electrons. The van der Waals surface area contributed by atoms with Crippen LogP contribution in [0.2, 0.25) is 0 Å². The van der Waals surface area contributed by atoms with Crippen LogP contribution >= 0.6 is 0 Å². The summed E-state index contributed by atoms with van der Waals surface area (Å²) in [6, 6.07) is 5.52. The highest BCUT2D eigenvalue weighted by Crippen LogP contribution is 2.35. The van der Waals surface area contributed by atoms with Gasteiger partial charge in [-0.2, -0.15) is 9.67 Å². The molecule has 0 fully saturated rings. The smallest absolute Gasteiger partial charge is 0.336 e. The molecule has 0 saturated carbocycles. The van der Waals surface area contributed by atoms with Crippen molar-refractivity contribution in [3.05, 3.63) is 18.2 Å². The van der Waals surface area contributed by atoms with E-state index in [1.807, 2.05) is 13.0 Å². The highest BCUT2D eigenvalue weighted by Gasteiger charge is 2.21. The molecule has 1 aliphatic heterocycles. The van der Waals surface area contributed by atoms with Gasteiger partial charge < -0.3 is 18.9 Å². The summed E-state index contributed by atoms with van der Waals surface area (Å²) < 4.78 is 22.3. The molecule has 2 heterocycles. The molecule has 8 heteroatoms. The Morgan fingerprint density at radius 1 is 1.29 bits per heavy atom.